The number of nitrogens with zero attached hydrogens (tertiary/aromatic N) is 2. The standard InChI is InChI=1S/C14H18N2O5Si/c1-5-6-13(22(2,3)4)14(17)11-8-7-10(15(18)19)9-12(11)16(20)21/h5,7-9,14,17H,1-4H3. The fourth-order valence-corrected chi connectivity index (χ4v) is 3.60. The number of hydrogen-bond acceptors (Lipinski definition) is 5. The Hall–Kier alpha value is -2.28. The second-order valence-electron chi connectivity index (χ2n) is 5.76. The molecule has 1 N–H and O–H groups in total. The topological polar surface area (TPSA) is 107 Å². The second-order valence-corrected chi connectivity index (χ2v) is 10.8. The van der Waals surface area contributed by atoms with Crippen LogP contribution >= 0.6 is 0 Å². The average molecular weight is 322 g/mol. The molecule has 0 spiro atoms. The largest absolute Gasteiger partial charge is 0.383 e. The van der Waals surface area contributed by atoms with Gasteiger partial charge >= 0.3 is 0 Å². The third-order valence-electron chi connectivity index (χ3n) is 3.10. The van der Waals surface area contributed by atoms with Crippen molar-refractivity contribution in [1.29, 1.82) is 0 Å². The number of hydrogen-bond donors (Lipinski definition) is 1. The van der Waals surface area contributed by atoms with Crippen LogP contribution in [0.3, 0.4) is 0 Å². The van der Waals surface area contributed by atoms with Gasteiger partial charge in [0.2, 0.25) is 0 Å². The molecule has 0 saturated heterocycles. The van der Waals surface area contributed by atoms with E-state index in [0.717, 1.165) is 12.1 Å². The molecule has 1 atom stereocenters. The van der Waals surface area contributed by atoms with Crippen LogP contribution in [0.1, 0.15) is 18.6 Å². The lowest BCUT2D eigenvalue weighted by molar-refractivity contribution is -0.394. The Morgan fingerprint density at radius 1 is 1.27 bits per heavy atom. The first-order chi connectivity index (χ1) is 10.1. The van der Waals surface area contributed by atoms with Crippen LogP contribution in [0.4, 0.5) is 11.4 Å². The lowest BCUT2D eigenvalue weighted by atomic mass is 10.1. The summed E-state index contributed by atoms with van der Waals surface area (Å²) in [6.07, 6.45) is 0.442. The Bertz CT molecular complexity index is 672. The molecule has 1 rings (SSSR count). The highest BCUT2D eigenvalue weighted by Crippen LogP contribution is 2.35. The van der Waals surface area contributed by atoms with Crippen molar-refractivity contribution in [2.75, 3.05) is 0 Å². The predicted molar refractivity (Wildman–Crippen MR) is 85.3 cm³/mol. The fourth-order valence-electron chi connectivity index (χ4n) is 2.05. The summed E-state index contributed by atoms with van der Waals surface area (Å²) in [6, 6.07) is 3.26. The van der Waals surface area contributed by atoms with Crippen molar-refractivity contribution >= 4 is 19.4 Å². The van der Waals surface area contributed by atoms with Gasteiger partial charge in [0.15, 0.2) is 0 Å². The zero-order valence-electron chi connectivity index (χ0n) is 12.9. The van der Waals surface area contributed by atoms with Gasteiger partial charge in [0.1, 0.15) is 6.10 Å². The van der Waals surface area contributed by atoms with E-state index in [-0.39, 0.29) is 11.3 Å². The summed E-state index contributed by atoms with van der Waals surface area (Å²) in [5.74, 6) is 0. The van der Waals surface area contributed by atoms with E-state index in [1.165, 1.54) is 6.07 Å². The normalized spacial score (nSPS) is 12.2. The maximum atomic E-state index is 11.2. The number of nitro benzene ring substituents is 2. The lowest BCUT2D eigenvalue weighted by Crippen LogP contribution is -2.28. The van der Waals surface area contributed by atoms with Gasteiger partial charge in [-0.2, -0.15) is 0 Å². The first-order valence-corrected chi connectivity index (χ1v) is 10.1. The highest BCUT2D eigenvalue weighted by molar-refractivity contribution is 6.83. The van der Waals surface area contributed by atoms with Crippen LogP contribution in [0, 0.1) is 20.2 Å². The summed E-state index contributed by atoms with van der Waals surface area (Å²) >= 11 is 0. The molecule has 1 unspecified atom stereocenters. The number of nitro groups is 2. The van der Waals surface area contributed by atoms with Crippen LogP contribution in [0.15, 0.2) is 35.2 Å². The molecule has 0 heterocycles. The quantitative estimate of drug-likeness (QED) is 0.386. The first-order valence-electron chi connectivity index (χ1n) is 6.62. The molecule has 0 saturated carbocycles. The van der Waals surface area contributed by atoms with Gasteiger partial charge < -0.3 is 5.11 Å². The minimum absolute atomic E-state index is 0.0439. The number of rotatable bonds is 5. The molecule has 22 heavy (non-hydrogen) atoms. The Morgan fingerprint density at radius 3 is 2.27 bits per heavy atom. The van der Waals surface area contributed by atoms with Crippen LogP contribution < -0.4 is 0 Å². The fraction of sp³-hybridized carbons (Fsp3) is 0.357. The van der Waals surface area contributed by atoms with E-state index in [1.54, 1.807) is 13.0 Å². The smallest absolute Gasteiger partial charge is 0.282 e. The van der Waals surface area contributed by atoms with Crippen molar-refractivity contribution in [3.8, 4) is 0 Å². The zero-order valence-corrected chi connectivity index (χ0v) is 13.9. The Kier molecular flexibility index (Phi) is 5.37. The summed E-state index contributed by atoms with van der Waals surface area (Å²) in [6.45, 7) is 7.70. The summed E-state index contributed by atoms with van der Waals surface area (Å²) in [5, 5.41) is 33.1. The van der Waals surface area contributed by atoms with Crippen LogP contribution in [0.25, 0.3) is 0 Å². The Morgan fingerprint density at radius 2 is 1.86 bits per heavy atom. The SMILES string of the molecule is CC=C=C(C(O)c1ccc([N+](=O)[O-])cc1[N+](=O)[O-])[Si](C)(C)C. The molecule has 118 valence electrons. The number of benzene rings is 1. The molecule has 7 nitrogen and oxygen atoms in total. The summed E-state index contributed by atoms with van der Waals surface area (Å²) in [5.41, 5.74) is 2.17. The van der Waals surface area contributed by atoms with Crippen LogP contribution in [-0.2, 0) is 0 Å². The lowest BCUT2D eigenvalue weighted by Gasteiger charge is -2.23. The van der Waals surface area contributed by atoms with Crippen molar-refractivity contribution < 1.29 is 15.0 Å². The number of aliphatic hydroxyl groups is 1. The molecule has 0 aromatic heterocycles. The second kappa shape index (κ2) is 6.65. The third kappa shape index (κ3) is 3.88. The van der Waals surface area contributed by atoms with Gasteiger partial charge in [-0.1, -0.05) is 19.6 Å². The van der Waals surface area contributed by atoms with Gasteiger partial charge in [0.25, 0.3) is 11.4 Å². The van der Waals surface area contributed by atoms with E-state index in [9.17, 15) is 25.3 Å². The van der Waals surface area contributed by atoms with Crippen molar-refractivity contribution in [1.82, 2.24) is 0 Å². The third-order valence-corrected chi connectivity index (χ3v) is 5.13. The molecule has 0 bridgehead atoms. The molecule has 8 heteroatoms. The molecule has 0 aliphatic heterocycles. The minimum atomic E-state index is -1.98. The monoisotopic (exact) mass is 322 g/mol. The van der Waals surface area contributed by atoms with E-state index in [1.807, 2.05) is 19.6 Å². The van der Waals surface area contributed by atoms with Crippen molar-refractivity contribution in [3.05, 3.63) is 61.0 Å². The van der Waals surface area contributed by atoms with Crippen LogP contribution in [0.5, 0.6) is 0 Å². The molecular formula is C14H18N2O5Si. The van der Waals surface area contributed by atoms with Gasteiger partial charge in [-0.3, -0.25) is 20.2 Å². The van der Waals surface area contributed by atoms with Gasteiger partial charge in [-0.25, -0.2) is 0 Å². The van der Waals surface area contributed by atoms with E-state index >= 15 is 0 Å². The maximum absolute atomic E-state index is 11.2. The number of aliphatic hydroxyl groups excluding tert-OH is 1. The average Bonchev–Trinajstić information content (AvgIpc) is 2.41. The highest BCUT2D eigenvalue weighted by atomic mass is 28.3. The molecule has 0 aliphatic rings. The maximum Gasteiger partial charge on any atom is 0.282 e. The molecule has 0 aliphatic carbocycles. The summed E-state index contributed by atoms with van der Waals surface area (Å²) in [4.78, 5) is 20.5. The van der Waals surface area contributed by atoms with E-state index in [4.69, 9.17) is 0 Å². The minimum Gasteiger partial charge on any atom is -0.383 e. The van der Waals surface area contributed by atoms with E-state index < -0.39 is 29.7 Å². The van der Waals surface area contributed by atoms with Crippen molar-refractivity contribution in [2.24, 2.45) is 0 Å². The van der Waals surface area contributed by atoms with Crippen molar-refractivity contribution in [2.45, 2.75) is 32.7 Å². The van der Waals surface area contributed by atoms with Gasteiger partial charge in [-0.05, 0) is 24.3 Å². The highest BCUT2D eigenvalue weighted by Gasteiger charge is 2.32. The molecule has 0 fully saturated rings. The predicted octanol–water partition coefficient (Wildman–Crippen LogP) is 3.52. The van der Waals surface area contributed by atoms with Crippen molar-refractivity contribution in [3.63, 3.8) is 0 Å². The first kappa shape index (κ1) is 17.8. The molecule has 1 aromatic carbocycles. The van der Waals surface area contributed by atoms with Crippen LogP contribution in [-0.4, -0.2) is 23.0 Å². The van der Waals surface area contributed by atoms with E-state index in [0.29, 0.717) is 5.20 Å². The molecule has 1 aromatic rings. The Balaban J connectivity index is 3.52. The molecule has 0 radical (unpaired) electrons. The summed E-state index contributed by atoms with van der Waals surface area (Å²) < 4.78 is 0. The molecule has 0 amide bonds. The van der Waals surface area contributed by atoms with Crippen LogP contribution in [0.2, 0.25) is 19.6 Å². The van der Waals surface area contributed by atoms with Gasteiger partial charge in [0, 0.05) is 6.07 Å². The van der Waals surface area contributed by atoms with E-state index in [2.05, 4.69) is 5.73 Å². The van der Waals surface area contributed by atoms with Gasteiger partial charge in [-0.15, -0.1) is 5.73 Å². The zero-order chi connectivity index (χ0) is 17.1. The Labute approximate surface area is 128 Å². The number of non-ortho nitro benzene ring substituents is 1. The molecular weight excluding hydrogens is 304 g/mol. The van der Waals surface area contributed by atoms with Gasteiger partial charge in [0.05, 0.1) is 29.6 Å². The summed E-state index contributed by atoms with van der Waals surface area (Å²) in [7, 11) is -1.98.